The number of carbonyl (C=O) groups excluding carboxylic acids is 1. The van der Waals surface area contributed by atoms with Gasteiger partial charge in [-0.2, -0.15) is 0 Å². The molecule has 1 amide bonds. The molecule has 548 valence electrons. The van der Waals surface area contributed by atoms with Crippen molar-refractivity contribution in [2.45, 2.75) is 188 Å². The van der Waals surface area contributed by atoms with Crippen LogP contribution in [-0.2, 0) is 57.7 Å². The van der Waals surface area contributed by atoms with Crippen molar-refractivity contribution in [1.29, 1.82) is 0 Å². The molecule has 3 unspecified atom stereocenters. The summed E-state index contributed by atoms with van der Waals surface area (Å²) >= 11 is 1.35. The number of carbonyl (C=O) groups is 5. The van der Waals surface area contributed by atoms with Crippen LogP contribution < -0.4 is 35.3 Å². The lowest BCUT2D eigenvalue weighted by molar-refractivity contribution is -0.194. The number of hydrogen-bond acceptors (Lipinski definition) is 13. The van der Waals surface area contributed by atoms with Gasteiger partial charge in [0.15, 0.2) is 23.2 Å². The highest BCUT2D eigenvalue weighted by Gasteiger charge is 2.57. The van der Waals surface area contributed by atoms with E-state index >= 15 is 0 Å². The molecule has 7 aromatic rings. The van der Waals surface area contributed by atoms with Crippen LogP contribution in [0.2, 0.25) is 0 Å². The zero-order valence-corrected chi connectivity index (χ0v) is 63.7. The molecule has 0 saturated carbocycles. The number of rotatable bonds is 21. The molecule has 1 aromatic heterocycles. The molecular formula is C83H112N4O13S. The maximum Gasteiger partial charge on any atom is 0.453 e. The summed E-state index contributed by atoms with van der Waals surface area (Å²) in [6, 6.07) is 42.4. The normalized spacial score (nSPS) is 14.3. The molecule has 3 atom stereocenters. The van der Waals surface area contributed by atoms with E-state index in [0.717, 1.165) is 85.0 Å². The molecular weight excluding hydrogens is 1290 g/mol. The van der Waals surface area contributed by atoms with E-state index in [4.69, 9.17) is 45.1 Å². The number of aromatic nitrogens is 1. The van der Waals surface area contributed by atoms with Crippen LogP contribution >= 0.6 is 11.3 Å². The summed E-state index contributed by atoms with van der Waals surface area (Å²) in [5.41, 5.74) is 18.4. The fourth-order valence-electron chi connectivity index (χ4n) is 10.6. The lowest BCUT2D eigenvalue weighted by Crippen LogP contribution is -2.54. The third kappa shape index (κ3) is 28.2. The van der Waals surface area contributed by atoms with Crippen LogP contribution in [0, 0.1) is 44.8 Å². The number of aryl methyl sites for hydroxylation is 2. The summed E-state index contributed by atoms with van der Waals surface area (Å²) in [6.07, 6.45) is 9.08. The number of aromatic carboxylic acids is 1. The average molecular weight is 1410 g/mol. The number of anilines is 3. The molecule has 1 aliphatic heterocycles. The highest BCUT2D eigenvalue weighted by Crippen LogP contribution is 2.42. The second-order valence-electron chi connectivity index (χ2n) is 32.0. The number of nitrogens with one attached hydrogen (secondary N) is 2. The fraction of sp³-hybridized carbons (Fsp3) is 0.470. The maximum absolute atomic E-state index is 11.9. The second kappa shape index (κ2) is 36.6. The van der Waals surface area contributed by atoms with Crippen molar-refractivity contribution in [2.75, 3.05) is 36.1 Å². The van der Waals surface area contributed by atoms with Crippen molar-refractivity contribution in [2.24, 2.45) is 44.8 Å². The largest absolute Gasteiger partial charge is 0.494 e. The topological polar surface area (TPSA) is 266 Å². The number of nitrogens with two attached hydrogens (primary N) is 1. The van der Waals surface area contributed by atoms with Crippen molar-refractivity contribution in [3.05, 3.63) is 178 Å². The molecule has 2 heterocycles. The van der Waals surface area contributed by atoms with Gasteiger partial charge in [-0.3, -0.25) is 4.79 Å². The molecule has 17 nitrogen and oxygen atoms in total. The van der Waals surface area contributed by atoms with E-state index in [2.05, 4.69) is 170 Å². The molecule has 6 aromatic carbocycles. The van der Waals surface area contributed by atoms with Crippen molar-refractivity contribution in [3.8, 4) is 34.1 Å². The number of benzene rings is 6. The Labute approximate surface area is 604 Å². The van der Waals surface area contributed by atoms with Crippen LogP contribution in [0.25, 0.3) is 11.1 Å². The van der Waals surface area contributed by atoms with E-state index < -0.39 is 29.7 Å². The minimum Gasteiger partial charge on any atom is -0.494 e. The molecule has 8 N–H and O–H groups in total. The third-order valence-electron chi connectivity index (χ3n) is 18.2. The number of hydrogen-bond donors (Lipinski definition) is 7. The monoisotopic (exact) mass is 1400 g/mol. The number of amides is 1. The average Bonchev–Trinajstić information content (AvgIpc) is 1.63. The van der Waals surface area contributed by atoms with Crippen molar-refractivity contribution in [3.63, 3.8) is 0 Å². The summed E-state index contributed by atoms with van der Waals surface area (Å²) in [4.78, 5) is 59.9. The number of carboxylic acids is 4. The minimum absolute atomic E-state index is 0.0762. The Bertz CT molecular complexity index is 3810. The number of aliphatic carboxylic acids is 3. The maximum atomic E-state index is 11.9. The first-order valence-electron chi connectivity index (χ1n) is 34.9. The standard InChI is InChI=1S/C19H23NO2.C17H23N3OS.C16H20O6.C16H24O.C15H22O3/c1-19(2,3)10-11-20-17-9-5-7-15(13-17)14-6-4-8-16(12-14)18(21)22;1-17(2,3)9-8-12-4-6-13(7-5-12)19-15(21)10-14-11-22-16(18)20-14;1-9(15(2,3)4)7-10-5-6-11-12(8-10)22-16(21-11,13(17)18)14(19)20;1-5-17-15-9-7-12-6-8-14(16(2,3)4)10-13(12)11-15;1-11(15(2,3)4)9-12-5-7-13(8-6-12)18-10-14(16)17/h4-9,12-13,20H,10-11H2,1-3H3,(H,21,22);4-7,11H,8-10H2,1-3H3,(H2,18,20)(H,19,21);5-6,8-9H,7H2,1-4H3,(H,17,18)(H,19,20);7,9,11,14H,5-6,8,10H2,1-4H3;5-8,11H,9-10H2,1-4H3,(H,16,17). The van der Waals surface area contributed by atoms with Crippen LogP contribution in [-0.4, -0.2) is 80.7 Å². The molecule has 18 heteroatoms. The van der Waals surface area contributed by atoms with E-state index in [1.807, 2.05) is 73.0 Å². The Morgan fingerprint density at radius 3 is 1.73 bits per heavy atom. The number of ether oxygens (including phenoxy) is 4. The first-order chi connectivity index (χ1) is 47.0. The molecule has 0 fully saturated rings. The summed E-state index contributed by atoms with van der Waals surface area (Å²) in [6.45, 7) is 41.4. The molecule has 0 spiro atoms. The van der Waals surface area contributed by atoms with Gasteiger partial charge in [-0.1, -0.05) is 178 Å². The van der Waals surface area contributed by atoms with Gasteiger partial charge in [-0.05, 0) is 215 Å². The van der Waals surface area contributed by atoms with Gasteiger partial charge in [0.2, 0.25) is 5.91 Å². The Kier molecular flexibility index (Phi) is 30.0. The number of fused-ring (bicyclic) bond motifs is 2. The highest BCUT2D eigenvalue weighted by atomic mass is 32.1. The zero-order valence-electron chi connectivity index (χ0n) is 62.9. The van der Waals surface area contributed by atoms with Gasteiger partial charge >= 0.3 is 29.7 Å². The number of nitrogen functional groups attached to an aromatic ring is 1. The number of nitrogens with zero attached hydrogens (tertiary/aromatic N) is 1. The molecule has 0 saturated heterocycles. The molecule has 101 heavy (non-hydrogen) atoms. The fourth-order valence-corrected chi connectivity index (χ4v) is 11.2. The van der Waals surface area contributed by atoms with E-state index in [1.54, 1.807) is 36.4 Å². The minimum atomic E-state index is -2.70. The molecule has 2 aliphatic rings. The van der Waals surface area contributed by atoms with E-state index in [1.165, 1.54) is 52.9 Å². The molecule has 9 rings (SSSR count). The van der Waals surface area contributed by atoms with Gasteiger partial charge in [0.25, 0.3) is 0 Å². The van der Waals surface area contributed by atoms with Crippen molar-refractivity contribution in [1.82, 2.24) is 4.98 Å². The SMILES string of the molecule is CC(C)(C)CCNc1cccc(-c2cccc(C(=O)O)c2)c1.CC(C)(C)CCc1ccc(NC(=O)Cc2csc(N)n2)cc1.CC(Cc1ccc(OCC(=O)O)cc1)C(C)(C)C.CC(Cc1ccc2c(c1)OC(C(=O)O)(C(=O)O)O2)C(C)(C)C.CCOc1ccc2c(c1)CC(C(C)(C)C)CC2. The summed E-state index contributed by atoms with van der Waals surface area (Å²) in [7, 11) is 0. The van der Waals surface area contributed by atoms with Crippen LogP contribution in [0.3, 0.4) is 0 Å². The molecule has 0 radical (unpaired) electrons. The van der Waals surface area contributed by atoms with Crippen LogP contribution in [0.15, 0.2) is 139 Å². The Balaban J connectivity index is 0.000000228. The predicted octanol–water partition coefficient (Wildman–Crippen LogP) is 18.9. The Morgan fingerprint density at radius 1 is 0.624 bits per heavy atom. The van der Waals surface area contributed by atoms with Crippen LogP contribution in [0.1, 0.15) is 188 Å². The van der Waals surface area contributed by atoms with Gasteiger partial charge in [0.1, 0.15) is 11.5 Å². The summed E-state index contributed by atoms with van der Waals surface area (Å²) in [5.74, 6) is -4.36. The van der Waals surface area contributed by atoms with Gasteiger partial charge in [-0.15, -0.1) is 11.3 Å². The summed E-state index contributed by atoms with van der Waals surface area (Å²) in [5, 5.41) is 44.4. The van der Waals surface area contributed by atoms with Crippen LogP contribution in [0.5, 0.6) is 23.0 Å². The smallest absolute Gasteiger partial charge is 0.453 e. The Morgan fingerprint density at radius 2 is 1.19 bits per heavy atom. The first-order valence-corrected chi connectivity index (χ1v) is 35.8. The quantitative estimate of drug-likeness (QED) is 0.0330. The Hall–Kier alpha value is -8.90. The number of carboxylic acid groups (broad SMARTS) is 4. The van der Waals surface area contributed by atoms with E-state index in [9.17, 15) is 24.0 Å². The molecule has 0 bridgehead atoms. The van der Waals surface area contributed by atoms with Gasteiger partial charge in [-0.25, -0.2) is 24.2 Å². The van der Waals surface area contributed by atoms with Crippen LogP contribution in [0.4, 0.5) is 16.5 Å². The molecule has 1 aliphatic carbocycles. The second-order valence-corrected chi connectivity index (χ2v) is 32.9. The van der Waals surface area contributed by atoms with Crippen molar-refractivity contribution >= 4 is 57.6 Å². The van der Waals surface area contributed by atoms with Gasteiger partial charge < -0.3 is 55.7 Å². The van der Waals surface area contributed by atoms with Gasteiger partial charge in [0, 0.05) is 23.3 Å². The number of thiazole rings is 1. The van der Waals surface area contributed by atoms with E-state index in [0.29, 0.717) is 55.6 Å². The lowest BCUT2D eigenvalue weighted by Gasteiger charge is -2.35. The zero-order chi connectivity index (χ0) is 75.3. The summed E-state index contributed by atoms with van der Waals surface area (Å²) < 4.78 is 20.8. The van der Waals surface area contributed by atoms with Crippen molar-refractivity contribution < 1.29 is 63.3 Å². The van der Waals surface area contributed by atoms with E-state index in [-0.39, 0.29) is 35.8 Å². The highest BCUT2D eigenvalue weighted by molar-refractivity contribution is 7.13. The third-order valence-corrected chi connectivity index (χ3v) is 18.9. The first kappa shape index (κ1) is 82.8. The lowest BCUT2D eigenvalue weighted by atomic mass is 9.70. The predicted molar refractivity (Wildman–Crippen MR) is 407 cm³/mol. The van der Waals surface area contributed by atoms with Gasteiger partial charge in [0.05, 0.1) is 24.3 Å².